The molecule has 39 heavy (non-hydrogen) atoms. The van der Waals surface area contributed by atoms with Crippen LogP contribution >= 0.6 is 0 Å². The van der Waals surface area contributed by atoms with Crippen molar-refractivity contribution in [3.63, 3.8) is 0 Å². The standard InChI is InChI=1S/C30H34FN5O3/c31-23-11-9-20(10-12-23)24-15-27(24)32-13-1-4-26(29(38)36-16-30(17-36)18-39-19-30)34-28(37)22-7-5-21(6-8-22)25-3-2-14-33-35-25/h2-3,5-12,14,24,26-27,32-33,35H,1,4,13,15-19H2,(H,34,37)/t24-,26-,27+/m0/s1. The molecule has 3 atom stereocenters. The summed E-state index contributed by atoms with van der Waals surface area (Å²) < 4.78 is 18.6. The van der Waals surface area contributed by atoms with Crippen molar-refractivity contribution in [3.05, 3.63) is 89.4 Å². The van der Waals surface area contributed by atoms with Gasteiger partial charge in [0.05, 0.1) is 24.3 Å². The van der Waals surface area contributed by atoms with Crippen molar-refractivity contribution >= 4 is 17.5 Å². The van der Waals surface area contributed by atoms with E-state index in [1.165, 1.54) is 12.1 Å². The quantitative estimate of drug-likeness (QED) is 0.352. The zero-order valence-electron chi connectivity index (χ0n) is 21.8. The van der Waals surface area contributed by atoms with Gasteiger partial charge in [-0.2, -0.15) is 0 Å². The molecular formula is C30H34FN5O3. The molecule has 0 bridgehead atoms. The molecule has 1 saturated carbocycles. The fourth-order valence-electron chi connectivity index (χ4n) is 5.63. The van der Waals surface area contributed by atoms with Gasteiger partial charge in [-0.05, 0) is 73.4 Å². The van der Waals surface area contributed by atoms with Crippen LogP contribution in [0.15, 0.2) is 66.9 Å². The number of hydrogen-bond acceptors (Lipinski definition) is 6. The number of carbonyl (C=O) groups is 2. The van der Waals surface area contributed by atoms with E-state index < -0.39 is 6.04 Å². The molecule has 1 spiro atoms. The topological polar surface area (TPSA) is 94.7 Å². The van der Waals surface area contributed by atoms with Crippen LogP contribution in [0.4, 0.5) is 4.39 Å². The minimum absolute atomic E-state index is 0.0254. The number of likely N-dealkylation sites (tertiary alicyclic amines) is 1. The van der Waals surface area contributed by atoms with E-state index in [1.807, 2.05) is 41.3 Å². The first-order chi connectivity index (χ1) is 19.0. The lowest BCUT2D eigenvalue weighted by Crippen LogP contribution is -2.69. The molecule has 2 aromatic carbocycles. The van der Waals surface area contributed by atoms with Crippen molar-refractivity contribution in [3.8, 4) is 0 Å². The number of rotatable bonds is 10. The number of ether oxygens (including phenoxy) is 1. The molecule has 9 heteroatoms. The van der Waals surface area contributed by atoms with Gasteiger partial charge in [0.1, 0.15) is 11.9 Å². The first-order valence-electron chi connectivity index (χ1n) is 13.6. The maximum Gasteiger partial charge on any atom is 0.251 e. The zero-order valence-corrected chi connectivity index (χ0v) is 21.8. The average Bonchev–Trinajstić information content (AvgIpc) is 3.69. The van der Waals surface area contributed by atoms with Crippen molar-refractivity contribution in [1.82, 2.24) is 26.4 Å². The second-order valence-electron chi connectivity index (χ2n) is 11.1. The predicted octanol–water partition coefficient (Wildman–Crippen LogP) is 2.67. The fraction of sp³-hybridized carbons (Fsp3) is 0.400. The lowest BCUT2D eigenvalue weighted by atomic mass is 9.77. The van der Waals surface area contributed by atoms with E-state index in [0.717, 1.165) is 36.2 Å². The van der Waals surface area contributed by atoms with Crippen molar-refractivity contribution < 1.29 is 18.7 Å². The molecule has 3 aliphatic heterocycles. The second-order valence-corrected chi connectivity index (χ2v) is 11.1. The van der Waals surface area contributed by atoms with E-state index in [9.17, 15) is 14.0 Å². The summed E-state index contributed by atoms with van der Waals surface area (Å²) in [6.07, 6.45) is 7.98. The van der Waals surface area contributed by atoms with Gasteiger partial charge >= 0.3 is 0 Å². The molecular weight excluding hydrogens is 497 g/mol. The summed E-state index contributed by atoms with van der Waals surface area (Å²) in [6, 6.07) is 13.8. The van der Waals surface area contributed by atoms with E-state index >= 15 is 0 Å². The molecule has 4 N–H and O–H groups in total. The van der Waals surface area contributed by atoms with Gasteiger partial charge < -0.3 is 31.1 Å². The Morgan fingerprint density at radius 3 is 2.54 bits per heavy atom. The highest BCUT2D eigenvalue weighted by atomic mass is 19.1. The van der Waals surface area contributed by atoms with Gasteiger partial charge in [0.25, 0.3) is 5.91 Å². The zero-order chi connectivity index (χ0) is 26.8. The Morgan fingerprint density at radius 2 is 1.87 bits per heavy atom. The minimum atomic E-state index is -0.582. The van der Waals surface area contributed by atoms with Gasteiger partial charge in [-0.1, -0.05) is 24.3 Å². The number of amides is 2. The SMILES string of the molecule is O=C(N[C@@H](CCCN[C@@H]1C[C@H]1c1ccc(F)cc1)C(=O)N1CC2(COC2)C1)c1ccc(C2=CC=CNN2)cc1. The summed E-state index contributed by atoms with van der Waals surface area (Å²) in [7, 11) is 0. The Kier molecular flexibility index (Phi) is 7.10. The van der Waals surface area contributed by atoms with Crippen molar-refractivity contribution in [2.45, 2.75) is 37.3 Å². The molecule has 1 aliphatic carbocycles. The number of carbonyl (C=O) groups excluding carboxylic acids is 2. The third-order valence-corrected chi connectivity index (χ3v) is 8.06. The van der Waals surface area contributed by atoms with Crippen LogP contribution in [-0.2, 0) is 9.53 Å². The molecule has 6 rings (SSSR count). The number of hydrogen-bond donors (Lipinski definition) is 4. The van der Waals surface area contributed by atoms with Gasteiger partial charge in [-0.15, -0.1) is 0 Å². The summed E-state index contributed by atoms with van der Waals surface area (Å²) in [6.45, 7) is 3.54. The maximum absolute atomic E-state index is 13.4. The molecule has 2 saturated heterocycles. The molecule has 204 valence electrons. The van der Waals surface area contributed by atoms with Crippen molar-refractivity contribution in [2.24, 2.45) is 5.41 Å². The first kappa shape index (κ1) is 25.6. The van der Waals surface area contributed by atoms with E-state index in [-0.39, 0.29) is 23.0 Å². The molecule has 3 fully saturated rings. The Morgan fingerprint density at radius 1 is 1.10 bits per heavy atom. The van der Waals surface area contributed by atoms with Crippen LogP contribution in [0.2, 0.25) is 0 Å². The highest BCUT2D eigenvalue weighted by Crippen LogP contribution is 2.41. The van der Waals surface area contributed by atoms with Gasteiger partial charge in [0.2, 0.25) is 5.91 Å². The van der Waals surface area contributed by atoms with E-state index in [1.54, 1.807) is 18.3 Å². The smallest absolute Gasteiger partial charge is 0.251 e. The summed E-state index contributed by atoms with van der Waals surface area (Å²) in [4.78, 5) is 28.4. The Labute approximate surface area is 227 Å². The normalized spacial score (nSPS) is 23.0. The molecule has 2 aromatic rings. The van der Waals surface area contributed by atoms with Crippen LogP contribution in [0.3, 0.4) is 0 Å². The molecule has 4 aliphatic rings. The van der Waals surface area contributed by atoms with Crippen molar-refractivity contribution in [2.75, 3.05) is 32.8 Å². The third-order valence-electron chi connectivity index (χ3n) is 8.06. The number of halogens is 1. The van der Waals surface area contributed by atoms with E-state index in [4.69, 9.17) is 4.74 Å². The summed E-state index contributed by atoms with van der Waals surface area (Å²) in [5.74, 6) is -0.0947. The van der Waals surface area contributed by atoms with Crippen LogP contribution in [0.25, 0.3) is 5.70 Å². The lowest BCUT2D eigenvalue weighted by molar-refractivity contribution is -0.196. The number of benzene rings is 2. The van der Waals surface area contributed by atoms with Gasteiger partial charge in [0.15, 0.2) is 0 Å². The number of hydrazine groups is 1. The van der Waals surface area contributed by atoms with Crippen LogP contribution in [-0.4, -0.2) is 61.6 Å². The fourth-order valence-corrected chi connectivity index (χ4v) is 5.63. The molecule has 3 heterocycles. The Balaban J connectivity index is 1.04. The van der Waals surface area contributed by atoms with Crippen molar-refractivity contribution in [1.29, 1.82) is 0 Å². The average molecular weight is 532 g/mol. The molecule has 0 radical (unpaired) electrons. The van der Waals surface area contributed by atoms with E-state index in [2.05, 4.69) is 21.5 Å². The molecule has 2 amide bonds. The first-order valence-corrected chi connectivity index (χ1v) is 13.6. The summed E-state index contributed by atoms with van der Waals surface area (Å²) in [5.41, 5.74) is 9.67. The number of allylic oxidation sites excluding steroid dienone is 2. The number of nitrogens with one attached hydrogen (secondary N) is 4. The van der Waals surface area contributed by atoms with Crippen LogP contribution in [0.5, 0.6) is 0 Å². The minimum Gasteiger partial charge on any atom is -0.380 e. The Hall–Kier alpha value is -3.69. The highest BCUT2D eigenvalue weighted by molar-refractivity contribution is 5.98. The van der Waals surface area contributed by atoms with Gasteiger partial charge in [0, 0.05) is 36.8 Å². The van der Waals surface area contributed by atoms with Crippen LogP contribution in [0.1, 0.15) is 46.7 Å². The largest absolute Gasteiger partial charge is 0.380 e. The van der Waals surface area contributed by atoms with E-state index in [0.29, 0.717) is 50.2 Å². The van der Waals surface area contributed by atoms with Gasteiger partial charge in [-0.25, -0.2) is 4.39 Å². The summed E-state index contributed by atoms with van der Waals surface area (Å²) >= 11 is 0. The van der Waals surface area contributed by atoms with Gasteiger partial charge in [-0.3, -0.25) is 9.59 Å². The number of nitrogens with zero attached hydrogens (tertiary/aromatic N) is 1. The monoisotopic (exact) mass is 531 g/mol. The summed E-state index contributed by atoms with van der Waals surface area (Å²) in [5, 5.41) is 6.57. The Bertz CT molecular complexity index is 1260. The lowest BCUT2D eigenvalue weighted by Gasteiger charge is -2.55. The molecule has 8 nitrogen and oxygen atoms in total. The van der Waals surface area contributed by atoms with Crippen LogP contribution in [0, 0.1) is 11.2 Å². The molecule has 0 unspecified atom stereocenters. The second kappa shape index (κ2) is 10.8. The van der Waals surface area contributed by atoms with Crippen LogP contribution < -0.4 is 21.5 Å². The molecule has 0 aromatic heterocycles. The predicted molar refractivity (Wildman–Crippen MR) is 146 cm³/mol. The highest BCUT2D eigenvalue weighted by Gasteiger charge is 2.51. The maximum atomic E-state index is 13.4. The third kappa shape index (κ3) is 5.69.